The van der Waals surface area contributed by atoms with Crippen LogP contribution in [0.4, 0.5) is 5.69 Å². The molecule has 1 aromatic heterocycles. The molecular formula is C14H17N3O2. The highest BCUT2D eigenvalue weighted by molar-refractivity contribution is 5.90. The summed E-state index contributed by atoms with van der Waals surface area (Å²) in [7, 11) is 0. The molecule has 1 amide bonds. The van der Waals surface area contributed by atoms with Crippen LogP contribution in [0.2, 0.25) is 0 Å². The molecule has 5 heteroatoms. The van der Waals surface area contributed by atoms with Crippen molar-refractivity contribution in [3.05, 3.63) is 30.2 Å². The average Bonchev–Trinajstić information content (AvgIpc) is 2.84. The standard InChI is InChI=1S/C14H17N3O2/c1-3-4-5-13(18)15-12-8-6-11(7-9-12)14-17-16-10(2)19-14/h6-9H,3-5H2,1-2H3,(H,15,18). The van der Waals surface area contributed by atoms with Gasteiger partial charge in [-0.25, -0.2) is 0 Å². The summed E-state index contributed by atoms with van der Waals surface area (Å²) < 4.78 is 5.33. The van der Waals surface area contributed by atoms with Gasteiger partial charge in [-0.2, -0.15) is 0 Å². The lowest BCUT2D eigenvalue weighted by Gasteiger charge is -2.04. The van der Waals surface area contributed by atoms with Crippen LogP contribution in [0.15, 0.2) is 28.7 Å². The number of carbonyl (C=O) groups excluding carboxylic acids is 1. The molecule has 1 heterocycles. The minimum Gasteiger partial charge on any atom is -0.421 e. The molecule has 5 nitrogen and oxygen atoms in total. The number of aryl methyl sites for hydroxylation is 1. The van der Waals surface area contributed by atoms with E-state index >= 15 is 0 Å². The molecule has 19 heavy (non-hydrogen) atoms. The number of anilines is 1. The van der Waals surface area contributed by atoms with E-state index in [2.05, 4.69) is 22.4 Å². The van der Waals surface area contributed by atoms with Gasteiger partial charge in [0.25, 0.3) is 0 Å². The number of nitrogens with one attached hydrogen (secondary N) is 1. The van der Waals surface area contributed by atoms with Gasteiger partial charge in [0.05, 0.1) is 0 Å². The molecule has 2 rings (SSSR count). The first-order valence-electron chi connectivity index (χ1n) is 6.39. The van der Waals surface area contributed by atoms with Crippen molar-refractivity contribution in [1.29, 1.82) is 0 Å². The normalized spacial score (nSPS) is 10.4. The fourth-order valence-electron chi connectivity index (χ4n) is 1.67. The molecular weight excluding hydrogens is 242 g/mol. The van der Waals surface area contributed by atoms with Crippen LogP contribution in [0, 0.1) is 6.92 Å². The Labute approximate surface area is 112 Å². The van der Waals surface area contributed by atoms with Crippen LogP contribution in [0.1, 0.15) is 32.1 Å². The molecule has 0 unspecified atom stereocenters. The Balaban J connectivity index is 2.00. The summed E-state index contributed by atoms with van der Waals surface area (Å²) in [5, 5.41) is 10.6. The van der Waals surface area contributed by atoms with Gasteiger partial charge in [-0.3, -0.25) is 4.79 Å². The SMILES string of the molecule is CCCCC(=O)Nc1ccc(-c2nnc(C)o2)cc1. The molecule has 0 saturated carbocycles. The second-order valence-electron chi connectivity index (χ2n) is 4.36. The van der Waals surface area contributed by atoms with Crippen molar-refractivity contribution in [2.24, 2.45) is 0 Å². The Bertz CT molecular complexity index is 546. The first kappa shape index (κ1) is 13.3. The molecule has 0 spiro atoms. The summed E-state index contributed by atoms with van der Waals surface area (Å²) in [5.41, 5.74) is 1.62. The number of carbonyl (C=O) groups is 1. The molecule has 0 saturated heterocycles. The van der Waals surface area contributed by atoms with Crippen LogP contribution in [-0.2, 0) is 4.79 Å². The Morgan fingerprint density at radius 3 is 2.58 bits per heavy atom. The fourth-order valence-corrected chi connectivity index (χ4v) is 1.67. The van der Waals surface area contributed by atoms with Crippen LogP contribution >= 0.6 is 0 Å². The minimum absolute atomic E-state index is 0.0447. The van der Waals surface area contributed by atoms with E-state index in [9.17, 15) is 4.79 Å². The second-order valence-corrected chi connectivity index (χ2v) is 4.36. The molecule has 0 aliphatic rings. The number of rotatable bonds is 5. The van der Waals surface area contributed by atoms with E-state index in [1.165, 1.54) is 0 Å². The van der Waals surface area contributed by atoms with E-state index in [-0.39, 0.29) is 5.91 Å². The van der Waals surface area contributed by atoms with Gasteiger partial charge < -0.3 is 9.73 Å². The van der Waals surface area contributed by atoms with Gasteiger partial charge in [-0.1, -0.05) is 13.3 Å². The van der Waals surface area contributed by atoms with Crippen molar-refractivity contribution in [2.75, 3.05) is 5.32 Å². The molecule has 0 atom stereocenters. The highest BCUT2D eigenvalue weighted by Gasteiger charge is 2.06. The van der Waals surface area contributed by atoms with Crippen molar-refractivity contribution >= 4 is 11.6 Å². The third-order valence-electron chi connectivity index (χ3n) is 2.70. The van der Waals surface area contributed by atoms with E-state index in [4.69, 9.17) is 4.42 Å². The zero-order valence-electron chi connectivity index (χ0n) is 11.1. The lowest BCUT2D eigenvalue weighted by Crippen LogP contribution is -2.10. The maximum absolute atomic E-state index is 11.6. The lowest BCUT2D eigenvalue weighted by molar-refractivity contribution is -0.116. The summed E-state index contributed by atoms with van der Waals surface area (Å²) in [5.74, 6) is 1.07. The number of hydrogen-bond acceptors (Lipinski definition) is 4. The van der Waals surface area contributed by atoms with E-state index in [0.717, 1.165) is 24.1 Å². The Morgan fingerprint density at radius 2 is 2.00 bits per heavy atom. The average molecular weight is 259 g/mol. The first-order chi connectivity index (χ1) is 9.19. The predicted octanol–water partition coefficient (Wildman–Crippen LogP) is 3.17. The molecule has 2 aromatic rings. The van der Waals surface area contributed by atoms with Gasteiger partial charge in [0.15, 0.2) is 0 Å². The Morgan fingerprint density at radius 1 is 1.26 bits per heavy atom. The van der Waals surface area contributed by atoms with E-state index < -0.39 is 0 Å². The number of nitrogens with zero attached hydrogens (tertiary/aromatic N) is 2. The topological polar surface area (TPSA) is 68.0 Å². The largest absolute Gasteiger partial charge is 0.421 e. The van der Waals surface area contributed by atoms with Crippen LogP contribution in [0.5, 0.6) is 0 Å². The fraction of sp³-hybridized carbons (Fsp3) is 0.357. The van der Waals surface area contributed by atoms with Crippen LogP contribution in [0.3, 0.4) is 0 Å². The maximum Gasteiger partial charge on any atom is 0.247 e. The van der Waals surface area contributed by atoms with Crippen LogP contribution in [-0.4, -0.2) is 16.1 Å². The molecule has 0 fully saturated rings. The number of amides is 1. The minimum atomic E-state index is 0.0447. The molecule has 1 N–H and O–H groups in total. The summed E-state index contributed by atoms with van der Waals surface area (Å²) in [6.45, 7) is 3.81. The van der Waals surface area contributed by atoms with Crippen molar-refractivity contribution < 1.29 is 9.21 Å². The molecule has 0 bridgehead atoms. The quantitative estimate of drug-likeness (QED) is 0.895. The third-order valence-corrected chi connectivity index (χ3v) is 2.70. The summed E-state index contributed by atoms with van der Waals surface area (Å²) >= 11 is 0. The third kappa shape index (κ3) is 3.64. The second kappa shape index (κ2) is 6.13. The molecule has 0 aliphatic carbocycles. The van der Waals surface area contributed by atoms with Gasteiger partial charge >= 0.3 is 0 Å². The maximum atomic E-state index is 11.6. The number of benzene rings is 1. The lowest BCUT2D eigenvalue weighted by atomic mass is 10.2. The summed E-state index contributed by atoms with van der Waals surface area (Å²) in [6.07, 6.45) is 2.48. The predicted molar refractivity (Wildman–Crippen MR) is 72.6 cm³/mol. The van der Waals surface area contributed by atoms with Crippen molar-refractivity contribution in [1.82, 2.24) is 10.2 Å². The molecule has 0 aliphatic heterocycles. The highest BCUT2D eigenvalue weighted by atomic mass is 16.4. The van der Waals surface area contributed by atoms with Gasteiger partial charge in [0.2, 0.25) is 17.7 Å². The molecule has 100 valence electrons. The molecule has 0 radical (unpaired) electrons. The molecule has 1 aromatic carbocycles. The van der Waals surface area contributed by atoms with Crippen molar-refractivity contribution in [3.63, 3.8) is 0 Å². The summed E-state index contributed by atoms with van der Waals surface area (Å²) in [6, 6.07) is 7.36. The Kier molecular flexibility index (Phi) is 4.28. The number of unbranched alkanes of at least 4 members (excludes halogenated alkanes) is 1. The van der Waals surface area contributed by atoms with E-state index in [1.807, 2.05) is 24.3 Å². The Hall–Kier alpha value is -2.17. The number of aromatic nitrogens is 2. The van der Waals surface area contributed by atoms with Gasteiger partial charge in [0.1, 0.15) is 0 Å². The summed E-state index contributed by atoms with van der Waals surface area (Å²) in [4.78, 5) is 11.6. The van der Waals surface area contributed by atoms with Crippen LogP contribution < -0.4 is 5.32 Å². The number of hydrogen-bond donors (Lipinski definition) is 1. The van der Waals surface area contributed by atoms with E-state index in [1.54, 1.807) is 6.92 Å². The van der Waals surface area contributed by atoms with Gasteiger partial charge in [0, 0.05) is 24.6 Å². The van der Waals surface area contributed by atoms with E-state index in [0.29, 0.717) is 18.2 Å². The van der Waals surface area contributed by atoms with Crippen molar-refractivity contribution in [2.45, 2.75) is 33.1 Å². The zero-order valence-corrected chi connectivity index (χ0v) is 11.1. The van der Waals surface area contributed by atoms with Crippen LogP contribution in [0.25, 0.3) is 11.5 Å². The van der Waals surface area contributed by atoms with Crippen molar-refractivity contribution in [3.8, 4) is 11.5 Å². The highest BCUT2D eigenvalue weighted by Crippen LogP contribution is 2.20. The zero-order chi connectivity index (χ0) is 13.7. The smallest absolute Gasteiger partial charge is 0.247 e. The first-order valence-corrected chi connectivity index (χ1v) is 6.39. The van der Waals surface area contributed by atoms with Gasteiger partial charge in [-0.05, 0) is 30.7 Å². The monoisotopic (exact) mass is 259 g/mol. The van der Waals surface area contributed by atoms with Gasteiger partial charge in [-0.15, -0.1) is 10.2 Å².